The van der Waals surface area contributed by atoms with E-state index in [-0.39, 0.29) is 24.9 Å². The lowest BCUT2D eigenvalue weighted by atomic mass is 10.0. The van der Waals surface area contributed by atoms with Crippen LogP contribution in [-0.4, -0.2) is 69.4 Å². The number of rotatable bonds is 59. The van der Waals surface area contributed by atoms with Crippen molar-refractivity contribution in [2.75, 3.05) is 40.9 Å². The van der Waals surface area contributed by atoms with Crippen LogP contribution < -0.4 is 10.2 Å². The lowest BCUT2D eigenvalue weighted by Crippen LogP contribution is -2.47. The predicted octanol–water partition coefficient (Wildman–Crippen LogP) is 19.4. The summed E-state index contributed by atoms with van der Waals surface area (Å²) in [4.78, 5) is 40.0. The number of likely N-dealkylation sites (N-methyl/N-ethyl adjacent to an activating group) is 1. The molecule has 3 unspecified atom stereocenters. The Labute approximate surface area is 471 Å². The van der Waals surface area contributed by atoms with Crippen LogP contribution in [0.4, 0.5) is 0 Å². The Hall–Kier alpha value is -2.03. The third-order valence-electron chi connectivity index (χ3n) is 14.5. The second-order valence-corrected chi connectivity index (χ2v) is 24.7. The van der Waals surface area contributed by atoms with Crippen molar-refractivity contribution in [1.29, 1.82) is 0 Å². The van der Waals surface area contributed by atoms with E-state index in [1.807, 2.05) is 33.3 Å². The summed E-state index contributed by atoms with van der Waals surface area (Å²) in [6, 6.07) is -0.895. The summed E-state index contributed by atoms with van der Waals surface area (Å²) >= 11 is 0. The maximum absolute atomic E-state index is 13.5. The molecule has 3 atom stereocenters. The molecule has 1 N–H and O–H groups in total. The first kappa shape index (κ1) is 74.0. The van der Waals surface area contributed by atoms with Gasteiger partial charge in [-0.15, -0.1) is 0 Å². The molecule has 0 rings (SSSR count). The molecule has 0 saturated carbocycles. The number of quaternary nitrogens is 1. The molecule has 0 aromatic rings. The van der Waals surface area contributed by atoms with Gasteiger partial charge in [0.1, 0.15) is 19.3 Å². The quantitative estimate of drug-likeness (QED) is 0.0212. The fourth-order valence-corrected chi connectivity index (χ4v) is 10.2. The molecule has 0 saturated heterocycles. The average molecular weight is 1090 g/mol. The van der Waals surface area contributed by atoms with Crippen LogP contribution in [0.3, 0.4) is 0 Å². The Morgan fingerprint density at radius 3 is 1.24 bits per heavy atom. The number of amides is 1. The van der Waals surface area contributed by atoms with Crippen molar-refractivity contribution in [2.45, 2.75) is 322 Å². The van der Waals surface area contributed by atoms with Crippen molar-refractivity contribution in [3.05, 3.63) is 48.6 Å². The molecule has 0 spiro atoms. The summed E-state index contributed by atoms with van der Waals surface area (Å²) in [5.74, 6) is -0.550. The van der Waals surface area contributed by atoms with Gasteiger partial charge in [-0.1, -0.05) is 256 Å². The van der Waals surface area contributed by atoms with Crippen LogP contribution in [-0.2, 0) is 27.9 Å². The van der Waals surface area contributed by atoms with Crippen LogP contribution in [0.25, 0.3) is 0 Å². The van der Waals surface area contributed by atoms with Gasteiger partial charge in [0.15, 0.2) is 0 Å². The number of unbranched alkanes of at least 4 members (excludes halogenated alkanes) is 37. The highest BCUT2D eigenvalue weighted by Gasteiger charge is 2.27. The zero-order valence-corrected chi connectivity index (χ0v) is 51.9. The molecule has 446 valence electrons. The van der Waals surface area contributed by atoms with Crippen molar-refractivity contribution in [3.8, 4) is 0 Å². The average Bonchev–Trinajstić information content (AvgIpc) is 3.38. The van der Waals surface area contributed by atoms with E-state index in [1.165, 1.54) is 199 Å². The lowest BCUT2D eigenvalue weighted by molar-refractivity contribution is -0.870. The smallest absolute Gasteiger partial charge is 0.306 e. The van der Waals surface area contributed by atoms with Crippen LogP contribution in [0.15, 0.2) is 48.6 Å². The lowest BCUT2D eigenvalue weighted by Gasteiger charge is -2.30. The molecule has 0 aliphatic rings. The van der Waals surface area contributed by atoms with Gasteiger partial charge in [-0.2, -0.15) is 0 Å². The largest absolute Gasteiger partial charge is 0.756 e. The van der Waals surface area contributed by atoms with E-state index >= 15 is 0 Å². The number of ether oxygens (including phenoxy) is 1. The molecular weight excluding hydrogens is 964 g/mol. The number of phosphoric acid groups is 1. The highest BCUT2D eigenvalue weighted by Crippen LogP contribution is 2.38. The number of allylic oxidation sites excluding steroid dienone is 7. The molecule has 10 heteroatoms. The molecule has 0 aliphatic carbocycles. The molecule has 0 fully saturated rings. The van der Waals surface area contributed by atoms with Crippen LogP contribution in [0.5, 0.6) is 0 Å². The minimum Gasteiger partial charge on any atom is -0.756 e. The first-order chi connectivity index (χ1) is 36.9. The van der Waals surface area contributed by atoms with Gasteiger partial charge in [0.05, 0.1) is 33.8 Å². The van der Waals surface area contributed by atoms with E-state index in [2.05, 4.69) is 62.5 Å². The number of nitrogens with one attached hydrogen (secondary N) is 1. The standard InChI is InChI=1S/C66H125N2O7P/c1-7-10-13-16-19-22-25-28-30-31-32-33-34-35-36-37-38-41-44-47-50-53-56-59-66(70)75-64(57-54-51-48-45-42-39-27-24-21-18-15-12-9-3)63(62-74-76(71,72)73-61-60-68(4,5)6)67-65(69)58-55-52-49-46-43-40-29-26-23-20-17-14-11-8-2/h19,22,28,30,40,43,54,57,63-64H,7-18,20-21,23-27,29,31-39,41-42,44-53,55-56,58-62H2,1-6H3,(H-,67,69,71,72)/b22-19-,30-28-,43-40-,57-54-. The number of nitrogens with zero attached hydrogens (tertiary/aromatic N) is 1. The van der Waals surface area contributed by atoms with Gasteiger partial charge in [-0.05, 0) is 89.5 Å². The second kappa shape index (κ2) is 56.3. The van der Waals surface area contributed by atoms with Gasteiger partial charge in [0.2, 0.25) is 5.91 Å². The number of hydrogen-bond donors (Lipinski definition) is 1. The number of carbonyl (C=O) groups excluding carboxylic acids is 2. The molecule has 9 nitrogen and oxygen atoms in total. The van der Waals surface area contributed by atoms with Crippen LogP contribution in [0.2, 0.25) is 0 Å². The van der Waals surface area contributed by atoms with E-state index in [4.69, 9.17) is 13.8 Å². The minimum absolute atomic E-state index is 0.0241. The van der Waals surface area contributed by atoms with E-state index in [0.717, 1.165) is 77.0 Å². The molecule has 0 heterocycles. The van der Waals surface area contributed by atoms with Gasteiger partial charge in [-0.25, -0.2) is 0 Å². The van der Waals surface area contributed by atoms with Crippen molar-refractivity contribution in [2.24, 2.45) is 0 Å². The van der Waals surface area contributed by atoms with Crippen molar-refractivity contribution >= 4 is 19.7 Å². The first-order valence-electron chi connectivity index (χ1n) is 32.4. The maximum atomic E-state index is 13.5. The Morgan fingerprint density at radius 1 is 0.461 bits per heavy atom. The van der Waals surface area contributed by atoms with E-state index < -0.39 is 26.6 Å². The molecule has 1 amide bonds. The fraction of sp³-hybridized carbons (Fsp3) is 0.848. The summed E-state index contributed by atoms with van der Waals surface area (Å²) < 4.78 is 30.3. The van der Waals surface area contributed by atoms with Gasteiger partial charge >= 0.3 is 5.97 Å². The topological polar surface area (TPSA) is 114 Å². The van der Waals surface area contributed by atoms with E-state index in [0.29, 0.717) is 17.4 Å². The maximum Gasteiger partial charge on any atom is 0.306 e. The van der Waals surface area contributed by atoms with Gasteiger partial charge in [0.25, 0.3) is 7.82 Å². The molecule has 0 aromatic heterocycles. The highest BCUT2D eigenvalue weighted by atomic mass is 31.2. The zero-order valence-electron chi connectivity index (χ0n) is 51.0. The monoisotopic (exact) mass is 1090 g/mol. The number of carbonyl (C=O) groups is 2. The summed E-state index contributed by atoms with van der Waals surface area (Å²) in [6.07, 6.45) is 69.4. The molecular formula is C66H125N2O7P. The highest BCUT2D eigenvalue weighted by molar-refractivity contribution is 7.45. The Bertz CT molecular complexity index is 1440. The molecule has 0 bridgehead atoms. The summed E-state index contributed by atoms with van der Waals surface area (Å²) in [5.41, 5.74) is 0. The number of phosphoric ester groups is 1. The second-order valence-electron chi connectivity index (χ2n) is 23.3. The normalized spacial score (nSPS) is 13.9. The van der Waals surface area contributed by atoms with Gasteiger partial charge < -0.3 is 28.5 Å². The van der Waals surface area contributed by atoms with Gasteiger partial charge in [-0.3, -0.25) is 14.2 Å². The van der Waals surface area contributed by atoms with Crippen molar-refractivity contribution in [3.63, 3.8) is 0 Å². The minimum atomic E-state index is -4.70. The van der Waals surface area contributed by atoms with Crippen molar-refractivity contribution < 1.29 is 37.3 Å². The van der Waals surface area contributed by atoms with Crippen LogP contribution >= 0.6 is 7.82 Å². The SMILES string of the molecule is CCCCC/C=C\C/C=C\CCCCCCCCCCCCCCCC(=O)OC(/C=C\CCCCCCCCCCCCC)C(COP(=O)([O-])OCC[N+](C)(C)C)NC(=O)CCCCC/C=C\CCCCCCCCC. The molecule has 0 aromatic carbocycles. The van der Waals surface area contributed by atoms with Crippen LogP contribution in [0.1, 0.15) is 310 Å². The summed E-state index contributed by atoms with van der Waals surface area (Å²) in [7, 11) is 1.18. The third kappa shape index (κ3) is 56.7. The fourth-order valence-electron chi connectivity index (χ4n) is 9.43. The molecule has 0 aliphatic heterocycles. The first-order valence-corrected chi connectivity index (χ1v) is 33.9. The van der Waals surface area contributed by atoms with E-state index in [1.54, 1.807) is 0 Å². The Balaban J connectivity index is 5.17. The molecule has 76 heavy (non-hydrogen) atoms. The molecule has 0 radical (unpaired) electrons. The van der Waals surface area contributed by atoms with Gasteiger partial charge in [0, 0.05) is 12.8 Å². The number of hydrogen-bond acceptors (Lipinski definition) is 7. The Kier molecular flexibility index (Phi) is 54.7. The Morgan fingerprint density at radius 2 is 0.803 bits per heavy atom. The zero-order chi connectivity index (χ0) is 55.7. The summed E-state index contributed by atoms with van der Waals surface area (Å²) in [5, 5.41) is 3.02. The third-order valence-corrected chi connectivity index (χ3v) is 15.4. The van der Waals surface area contributed by atoms with E-state index in [9.17, 15) is 19.0 Å². The predicted molar refractivity (Wildman–Crippen MR) is 326 cm³/mol. The summed E-state index contributed by atoms with van der Waals surface area (Å²) in [6.45, 7) is 6.83. The van der Waals surface area contributed by atoms with Crippen LogP contribution in [0, 0.1) is 0 Å². The number of esters is 1. The van der Waals surface area contributed by atoms with Crippen molar-refractivity contribution in [1.82, 2.24) is 5.32 Å².